The zero-order valence-corrected chi connectivity index (χ0v) is 7.90. The first-order chi connectivity index (χ1) is 5.63. The van der Waals surface area contributed by atoms with Crippen molar-refractivity contribution in [2.45, 2.75) is 19.9 Å². The highest BCUT2D eigenvalue weighted by atomic mass is 16.5. The molecule has 0 bridgehead atoms. The van der Waals surface area contributed by atoms with Crippen molar-refractivity contribution < 1.29 is 14.3 Å². The average Bonchev–Trinajstić information content (AvgIpc) is 2.04. The summed E-state index contributed by atoms with van der Waals surface area (Å²) in [5, 5.41) is 0. The molecular formula is C8H15NO3. The van der Waals surface area contributed by atoms with Crippen LogP contribution in [-0.4, -0.2) is 32.6 Å². The molecule has 12 heavy (non-hydrogen) atoms. The number of carbonyl (C=O) groups is 1. The van der Waals surface area contributed by atoms with Gasteiger partial charge in [-0.05, 0) is 5.92 Å². The number of carbonyl (C=O) groups excluding carboxylic acids is 1. The van der Waals surface area contributed by atoms with Gasteiger partial charge in [0.15, 0.2) is 12.4 Å². The van der Waals surface area contributed by atoms with Crippen LogP contribution in [0.4, 0.5) is 0 Å². The molecule has 0 amide bonds. The first-order valence-corrected chi connectivity index (χ1v) is 3.75. The fraction of sp³-hybridized carbons (Fsp3) is 0.750. The predicted octanol–water partition coefficient (Wildman–Crippen LogP) is 0.859. The molecule has 4 nitrogen and oxygen atoms in total. The predicted molar refractivity (Wildman–Crippen MR) is 46.1 cm³/mol. The molecule has 70 valence electrons. The largest absolute Gasteiger partial charge is 0.487 e. The second-order valence-corrected chi connectivity index (χ2v) is 2.70. The van der Waals surface area contributed by atoms with Crippen molar-refractivity contribution in [1.82, 2.24) is 0 Å². The van der Waals surface area contributed by atoms with E-state index in [0.717, 1.165) is 0 Å². The van der Waals surface area contributed by atoms with E-state index in [1.54, 1.807) is 0 Å². The standard InChI is InChI=1S/C8H15NO3/c1-6(2)7(8(10)12-4)9-5-11-3/h5-7H,1-4H3/t7-/m0/s1. The highest BCUT2D eigenvalue weighted by molar-refractivity contribution is 5.77. The number of methoxy groups -OCH3 is 2. The monoisotopic (exact) mass is 173 g/mol. The number of esters is 1. The lowest BCUT2D eigenvalue weighted by molar-refractivity contribution is -0.143. The second-order valence-electron chi connectivity index (χ2n) is 2.70. The van der Waals surface area contributed by atoms with Crippen LogP contribution in [0.2, 0.25) is 0 Å². The Balaban J connectivity index is 4.23. The first kappa shape index (κ1) is 10.9. The fourth-order valence-corrected chi connectivity index (χ4v) is 0.752. The minimum atomic E-state index is -0.463. The Morgan fingerprint density at radius 3 is 2.33 bits per heavy atom. The maximum absolute atomic E-state index is 11.1. The number of hydrogen-bond donors (Lipinski definition) is 0. The van der Waals surface area contributed by atoms with Crippen molar-refractivity contribution in [3.05, 3.63) is 0 Å². The van der Waals surface area contributed by atoms with Crippen molar-refractivity contribution in [1.29, 1.82) is 0 Å². The number of hydrogen-bond acceptors (Lipinski definition) is 4. The lowest BCUT2D eigenvalue weighted by Gasteiger charge is -2.12. The summed E-state index contributed by atoms with van der Waals surface area (Å²) in [6.07, 6.45) is 1.25. The third-order valence-electron chi connectivity index (χ3n) is 1.40. The van der Waals surface area contributed by atoms with E-state index < -0.39 is 6.04 Å². The molecule has 0 N–H and O–H groups in total. The molecule has 0 aromatic carbocycles. The maximum atomic E-state index is 11.1. The molecule has 0 aliphatic heterocycles. The molecular weight excluding hydrogens is 158 g/mol. The summed E-state index contributed by atoms with van der Waals surface area (Å²) in [4.78, 5) is 15.0. The highest BCUT2D eigenvalue weighted by Gasteiger charge is 2.21. The topological polar surface area (TPSA) is 47.9 Å². The smallest absolute Gasteiger partial charge is 0.330 e. The van der Waals surface area contributed by atoms with Gasteiger partial charge in [0.2, 0.25) is 0 Å². The zero-order valence-electron chi connectivity index (χ0n) is 7.90. The lowest BCUT2D eigenvalue weighted by Crippen LogP contribution is -2.26. The van der Waals surface area contributed by atoms with Gasteiger partial charge in [-0.25, -0.2) is 9.79 Å². The van der Waals surface area contributed by atoms with Crippen molar-refractivity contribution >= 4 is 12.4 Å². The van der Waals surface area contributed by atoms with Crippen LogP contribution in [0.15, 0.2) is 4.99 Å². The quantitative estimate of drug-likeness (QED) is 0.360. The third kappa shape index (κ3) is 3.37. The third-order valence-corrected chi connectivity index (χ3v) is 1.40. The average molecular weight is 173 g/mol. The summed E-state index contributed by atoms with van der Waals surface area (Å²) in [6.45, 7) is 3.79. The van der Waals surface area contributed by atoms with E-state index in [9.17, 15) is 4.79 Å². The van der Waals surface area contributed by atoms with Crippen LogP contribution in [0.3, 0.4) is 0 Å². The lowest BCUT2D eigenvalue weighted by atomic mass is 10.1. The van der Waals surface area contributed by atoms with Crippen molar-refractivity contribution in [2.75, 3.05) is 14.2 Å². The van der Waals surface area contributed by atoms with Gasteiger partial charge in [-0.1, -0.05) is 13.8 Å². The highest BCUT2D eigenvalue weighted by Crippen LogP contribution is 2.07. The van der Waals surface area contributed by atoms with Gasteiger partial charge in [-0.3, -0.25) is 0 Å². The molecule has 0 saturated carbocycles. The second kappa shape index (κ2) is 5.57. The maximum Gasteiger partial charge on any atom is 0.330 e. The number of rotatable bonds is 4. The Morgan fingerprint density at radius 2 is 2.00 bits per heavy atom. The molecule has 0 aliphatic carbocycles. The fourth-order valence-electron chi connectivity index (χ4n) is 0.752. The summed E-state index contributed by atoms with van der Waals surface area (Å²) < 4.78 is 9.18. The van der Waals surface area contributed by atoms with Crippen molar-refractivity contribution in [3.8, 4) is 0 Å². The molecule has 0 heterocycles. The molecule has 0 aromatic heterocycles. The van der Waals surface area contributed by atoms with Crippen molar-refractivity contribution in [3.63, 3.8) is 0 Å². The molecule has 0 radical (unpaired) electrons. The molecule has 1 atom stereocenters. The Labute approximate surface area is 72.6 Å². The Morgan fingerprint density at radius 1 is 1.42 bits per heavy atom. The SMILES string of the molecule is COC=N[C@H](C(=O)OC)C(C)C. The zero-order chi connectivity index (χ0) is 9.56. The van der Waals surface area contributed by atoms with Gasteiger partial charge in [-0.15, -0.1) is 0 Å². The van der Waals surface area contributed by atoms with E-state index in [1.165, 1.54) is 20.6 Å². The first-order valence-electron chi connectivity index (χ1n) is 3.75. The van der Waals surface area contributed by atoms with Crippen LogP contribution in [0.5, 0.6) is 0 Å². The summed E-state index contributed by atoms with van der Waals surface area (Å²) in [6, 6.07) is -0.463. The molecule has 0 unspecified atom stereocenters. The molecule has 0 fully saturated rings. The normalized spacial score (nSPS) is 13.4. The van der Waals surface area contributed by atoms with Gasteiger partial charge in [0.1, 0.15) is 0 Å². The van der Waals surface area contributed by atoms with Crippen LogP contribution in [0, 0.1) is 5.92 Å². The van der Waals surface area contributed by atoms with Gasteiger partial charge in [0.25, 0.3) is 0 Å². The van der Waals surface area contributed by atoms with E-state index >= 15 is 0 Å². The molecule has 4 heteroatoms. The van der Waals surface area contributed by atoms with Crippen molar-refractivity contribution in [2.24, 2.45) is 10.9 Å². The minimum absolute atomic E-state index is 0.115. The number of ether oxygens (including phenoxy) is 2. The summed E-state index contributed by atoms with van der Waals surface area (Å²) in [5.41, 5.74) is 0. The minimum Gasteiger partial charge on any atom is -0.487 e. The van der Waals surface area contributed by atoms with Gasteiger partial charge in [0, 0.05) is 0 Å². The van der Waals surface area contributed by atoms with Crippen LogP contribution in [0.1, 0.15) is 13.8 Å². The van der Waals surface area contributed by atoms with E-state index in [-0.39, 0.29) is 11.9 Å². The van der Waals surface area contributed by atoms with Gasteiger partial charge < -0.3 is 9.47 Å². The number of nitrogens with zero attached hydrogens (tertiary/aromatic N) is 1. The summed E-state index contributed by atoms with van der Waals surface area (Å²) >= 11 is 0. The van der Waals surface area contributed by atoms with Gasteiger partial charge in [0.05, 0.1) is 14.2 Å². The van der Waals surface area contributed by atoms with Crippen LogP contribution >= 0.6 is 0 Å². The molecule has 0 spiro atoms. The summed E-state index contributed by atoms with van der Waals surface area (Å²) in [7, 11) is 2.83. The molecule has 0 rings (SSSR count). The number of aliphatic imine (C=N–C) groups is 1. The Bertz CT molecular complexity index is 166. The molecule has 0 aliphatic rings. The van der Waals surface area contributed by atoms with E-state index in [0.29, 0.717) is 0 Å². The van der Waals surface area contributed by atoms with Crippen LogP contribution in [0.25, 0.3) is 0 Å². The van der Waals surface area contributed by atoms with E-state index in [4.69, 9.17) is 0 Å². The van der Waals surface area contributed by atoms with E-state index in [1.807, 2.05) is 13.8 Å². The Hall–Kier alpha value is -1.06. The summed E-state index contributed by atoms with van der Waals surface area (Å²) in [5.74, 6) is -0.220. The molecule has 0 saturated heterocycles. The van der Waals surface area contributed by atoms with Gasteiger partial charge in [-0.2, -0.15) is 0 Å². The Kier molecular flexibility index (Phi) is 5.08. The van der Waals surface area contributed by atoms with Crippen LogP contribution in [-0.2, 0) is 14.3 Å². The van der Waals surface area contributed by atoms with Crippen LogP contribution < -0.4 is 0 Å². The van der Waals surface area contributed by atoms with E-state index in [2.05, 4.69) is 14.5 Å². The molecule has 0 aromatic rings. The van der Waals surface area contributed by atoms with Gasteiger partial charge >= 0.3 is 5.97 Å².